The van der Waals surface area contributed by atoms with Crippen molar-refractivity contribution in [3.8, 4) is 0 Å². The number of benzene rings is 1. The number of aliphatic imine (C=N–C) groups is 1. The van der Waals surface area contributed by atoms with Crippen LogP contribution in [0.4, 0.5) is 4.39 Å². The first-order valence-electron chi connectivity index (χ1n) is 8.56. The molecule has 0 bridgehead atoms. The molecule has 0 amide bonds. The van der Waals surface area contributed by atoms with Crippen molar-refractivity contribution in [1.29, 1.82) is 0 Å². The van der Waals surface area contributed by atoms with E-state index >= 15 is 0 Å². The first-order valence-corrected chi connectivity index (χ1v) is 10.2. The number of aromatic nitrogens is 1. The number of guanidine groups is 1. The Morgan fingerprint density at radius 2 is 1.92 bits per heavy atom. The van der Waals surface area contributed by atoms with Gasteiger partial charge in [0.05, 0.1) is 10.5 Å². The van der Waals surface area contributed by atoms with Crippen molar-refractivity contribution in [2.75, 3.05) is 25.9 Å². The van der Waals surface area contributed by atoms with Gasteiger partial charge in [-0.3, -0.25) is 4.99 Å². The Morgan fingerprint density at radius 3 is 2.58 bits per heavy atom. The number of hydrogen-bond acceptors (Lipinski definition) is 3. The molecule has 2 rings (SSSR count). The normalized spacial score (nSPS) is 13.2. The molecule has 26 heavy (non-hydrogen) atoms. The molecule has 0 saturated heterocycles. The van der Waals surface area contributed by atoms with Crippen LogP contribution >= 0.6 is 0 Å². The van der Waals surface area contributed by atoms with Crippen LogP contribution in [0.15, 0.2) is 29.4 Å². The Kier molecular flexibility index (Phi) is 6.28. The monoisotopic (exact) mass is 382 g/mol. The third-order valence-corrected chi connectivity index (χ3v) is 6.84. The second-order valence-electron chi connectivity index (χ2n) is 7.11. The minimum Gasteiger partial charge on any atom is -0.361 e. The predicted molar refractivity (Wildman–Crippen MR) is 105 cm³/mol. The molecule has 1 heterocycles. The third kappa shape index (κ3) is 4.97. The highest BCUT2D eigenvalue weighted by Gasteiger charge is 2.28. The van der Waals surface area contributed by atoms with Crippen molar-refractivity contribution < 1.29 is 12.8 Å². The van der Waals surface area contributed by atoms with Gasteiger partial charge in [-0.1, -0.05) is 0 Å². The van der Waals surface area contributed by atoms with E-state index in [9.17, 15) is 12.8 Å². The summed E-state index contributed by atoms with van der Waals surface area (Å²) in [5.41, 5.74) is 1.85. The molecular formula is C18H27FN4O2S. The lowest BCUT2D eigenvalue weighted by Crippen LogP contribution is -2.42. The van der Waals surface area contributed by atoms with Crippen LogP contribution < -0.4 is 10.6 Å². The number of rotatable bonds is 6. The first kappa shape index (κ1) is 20.2. The van der Waals surface area contributed by atoms with Crippen LogP contribution in [0, 0.1) is 5.82 Å². The van der Waals surface area contributed by atoms with E-state index in [0.717, 1.165) is 22.9 Å². The molecule has 0 unspecified atom stereocenters. The fourth-order valence-electron chi connectivity index (χ4n) is 2.51. The average Bonchev–Trinajstić information content (AvgIpc) is 2.94. The highest BCUT2D eigenvalue weighted by molar-refractivity contribution is 7.92. The lowest BCUT2D eigenvalue weighted by atomic mass is 10.1. The number of H-pyrrole nitrogens is 1. The summed E-state index contributed by atoms with van der Waals surface area (Å²) in [5, 5.41) is 7.18. The molecule has 1 aromatic heterocycles. The Bertz CT molecular complexity index is 882. The van der Waals surface area contributed by atoms with Gasteiger partial charge in [0.2, 0.25) is 0 Å². The quantitative estimate of drug-likeness (QED) is 0.528. The van der Waals surface area contributed by atoms with Crippen molar-refractivity contribution in [1.82, 2.24) is 15.6 Å². The zero-order valence-corrected chi connectivity index (χ0v) is 16.5. The second kappa shape index (κ2) is 8.07. The van der Waals surface area contributed by atoms with Crippen molar-refractivity contribution in [3.63, 3.8) is 0 Å². The van der Waals surface area contributed by atoms with Gasteiger partial charge in [-0.05, 0) is 51.0 Å². The summed E-state index contributed by atoms with van der Waals surface area (Å²) in [6.07, 6.45) is 2.60. The number of halogens is 1. The van der Waals surface area contributed by atoms with Gasteiger partial charge in [-0.15, -0.1) is 0 Å². The molecule has 0 aliphatic rings. The van der Waals surface area contributed by atoms with Crippen LogP contribution in [0.1, 0.15) is 26.3 Å². The topological polar surface area (TPSA) is 86.3 Å². The van der Waals surface area contributed by atoms with Crippen LogP contribution in [0.5, 0.6) is 0 Å². The number of nitrogens with one attached hydrogen (secondary N) is 3. The Hall–Kier alpha value is -2.09. The number of aromatic amines is 1. The van der Waals surface area contributed by atoms with E-state index in [1.807, 2.05) is 6.20 Å². The number of fused-ring (bicyclic) bond motifs is 1. The minimum atomic E-state index is -3.17. The van der Waals surface area contributed by atoms with E-state index in [1.54, 1.807) is 33.9 Å². The molecular weight excluding hydrogens is 355 g/mol. The molecule has 0 aliphatic carbocycles. The van der Waals surface area contributed by atoms with Crippen molar-refractivity contribution in [2.24, 2.45) is 4.99 Å². The summed E-state index contributed by atoms with van der Waals surface area (Å²) in [7, 11) is -1.52. The molecule has 0 aliphatic heterocycles. The van der Waals surface area contributed by atoms with Gasteiger partial charge in [-0.25, -0.2) is 12.8 Å². The van der Waals surface area contributed by atoms with Crippen molar-refractivity contribution >= 4 is 26.7 Å². The summed E-state index contributed by atoms with van der Waals surface area (Å²) < 4.78 is 36.7. The summed E-state index contributed by atoms with van der Waals surface area (Å²) in [6, 6.07) is 4.69. The minimum absolute atomic E-state index is 0.0468. The smallest absolute Gasteiger partial charge is 0.191 e. The summed E-state index contributed by atoms with van der Waals surface area (Å²) in [6.45, 7) is 6.01. The second-order valence-corrected chi connectivity index (χ2v) is 9.97. The maximum atomic E-state index is 13.2. The molecule has 144 valence electrons. The van der Waals surface area contributed by atoms with Crippen LogP contribution in [0.3, 0.4) is 0 Å². The Labute approximate surface area is 154 Å². The molecule has 8 heteroatoms. The predicted octanol–water partition coefficient (Wildman–Crippen LogP) is 2.23. The molecule has 0 radical (unpaired) electrons. The van der Waals surface area contributed by atoms with Gasteiger partial charge in [0.25, 0.3) is 0 Å². The van der Waals surface area contributed by atoms with E-state index in [1.165, 1.54) is 12.1 Å². The first-order chi connectivity index (χ1) is 12.1. The van der Waals surface area contributed by atoms with Crippen LogP contribution in [0.25, 0.3) is 10.9 Å². The largest absolute Gasteiger partial charge is 0.361 e. The standard InChI is InChI=1S/C18H27FN4O2S/c1-18(2,3)26(24,25)10-9-22-17(20-4)21-8-7-13-12-23-16-11-14(19)5-6-15(13)16/h5-6,11-12,23H,7-10H2,1-4H3,(H2,20,21,22). The number of sulfone groups is 1. The molecule has 0 atom stereocenters. The van der Waals surface area contributed by atoms with E-state index in [2.05, 4.69) is 20.6 Å². The maximum Gasteiger partial charge on any atom is 0.191 e. The van der Waals surface area contributed by atoms with Crippen LogP contribution in [-0.4, -0.2) is 50.0 Å². The van der Waals surface area contributed by atoms with E-state index in [0.29, 0.717) is 19.0 Å². The Balaban J connectivity index is 1.84. The highest BCUT2D eigenvalue weighted by atomic mass is 32.2. The van der Waals surface area contributed by atoms with Crippen LogP contribution in [0.2, 0.25) is 0 Å². The summed E-state index contributed by atoms with van der Waals surface area (Å²) in [4.78, 5) is 7.17. The van der Waals surface area contributed by atoms with Crippen LogP contribution in [-0.2, 0) is 16.3 Å². The summed E-state index contributed by atoms with van der Waals surface area (Å²) in [5.74, 6) is 0.337. The SMILES string of the molecule is CN=C(NCCc1c[nH]c2cc(F)ccc12)NCCS(=O)(=O)C(C)(C)C. The number of hydrogen-bond donors (Lipinski definition) is 3. The lowest BCUT2D eigenvalue weighted by molar-refractivity contribution is 0.559. The molecule has 0 spiro atoms. The van der Waals surface area contributed by atoms with Gasteiger partial charge < -0.3 is 15.6 Å². The molecule has 0 fully saturated rings. The zero-order valence-electron chi connectivity index (χ0n) is 15.7. The fraction of sp³-hybridized carbons (Fsp3) is 0.500. The van der Waals surface area contributed by atoms with Crippen molar-refractivity contribution in [2.45, 2.75) is 31.9 Å². The van der Waals surface area contributed by atoms with Crippen molar-refractivity contribution in [3.05, 3.63) is 35.8 Å². The highest BCUT2D eigenvalue weighted by Crippen LogP contribution is 2.19. The molecule has 6 nitrogen and oxygen atoms in total. The Morgan fingerprint density at radius 1 is 1.23 bits per heavy atom. The van der Waals surface area contributed by atoms with Gasteiger partial charge in [0.1, 0.15) is 5.82 Å². The maximum absolute atomic E-state index is 13.2. The zero-order chi connectivity index (χ0) is 19.4. The van der Waals surface area contributed by atoms with Gasteiger partial charge in [0.15, 0.2) is 15.8 Å². The van der Waals surface area contributed by atoms with Gasteiger partial charge in [-0.2, -0.15) is 0 Å². The molecule has 3 N–H and O–H groups in total. The van der Waals surface area contributed by atoms with Gasteiger partial charge in [0, 0.05) is 37.2 Å². The molecule has 0 saturated carbocycles. The van der Waals surface area contributed by atoms with Gasteiger partial charge >= 0.3 is 0 Å². The van der Waals surface area contributed by atoms with E-state index < -0.39 is 14.6 Å². The lowest BCUT2D eigenvalue weighted by Gasteiger charge is -2.19. The average molecular weight is 383 g/mol. The van der Waals surface area contributed by atoms with E-state index in [4.69, 9.17) is 0 Å². The summed E-state index contributed by atoms with van der Waals surface area (Å²) >= 11 is 0. The third-order valence-electron chi connectivity index (χ3n) is 4.24. The fourth-order valence-corrected chi connectivity index (χ4v) is 3.49. The van der Waals surface area contributed by atoms with E-state index in [-0.39, 0.29) is 11.6 Å². The molecule has 2 aromatic rings. The number of nitrogens with zero attached hydrogens (tertiary/aromatic N) is 1. The molecule has 1 aromatic carbocycles.